The number of nitrogens with zero attached hydrogens (tertiary/aromatic N) is 5. The van der Waals surface area contributed by atoms with Crippen LogP contribution in [-0.4, -0.2) is 46.8 Å². The molecule has 0 spiro atoms. The fourth-order valence-electron chi connectivity index (χ4n) is 5.04. The van der Waals surface area contributed by atoms with Gasteiger partial charge in [0, 0.05) is 36.4 Å². The van der Waals surface area contributed by atoms with Crippen molar-refractivity contribution in [3.8, 4) is 23.0 Å². The fourth-order valence-corrected chi connectivity index (χ4v) is 5.04. The first-order chi connectivity index (χ1) is 18.0. The molecule has 0 saturated carbocycles. The van der Waals surface area contributed by atoms with E-state index in [1.807, 2.05) is 60.4 Å². The summed E-state index contributed by atoms with van der Waals surface area (Å²) in [7, 11) is 1.61. The summed E-state index contributed by atoms with van der Waals surface area (Å²) in [4.78, 5) is 34.3. The van der Waals surface area contributed by atoms with Gasteiger partial charge in [0.15, 0.2) is 5.69 Å². The van der Waals surface area contributed by atoms with Crippen molar-refractivity contribution < 1.29 is 18.7 Å². The Morgan fingerprint density at radius 3 is 2.22 bits per heavy atom. The third kappa shape index (κ3) is 4.06. The number of carbonyl (C=O) groups is 2. The van der Waals surface area contributed by atoms with E-state index in [0.717, 1.165) is 47.7 Å². The summed E-state index contributed by atoms with van der Waals surface area (Å²) in [5.74, 6) is 1.11. The van der Waals surface area contributed by atoms with Crippen LogP contribution in [0.2, 0.25) is 0 Å². The fraction of sp³-hybridized carbons (Fsp3) is 0.286. The standard InChI is InChI=1S/C28H27N5O4/c1-18-17-37-27(29-18)25-23-14-16-32(20-8-6-19(7-9-20)31-15-4-3-5-24(31)34)28(35)26(23)33(30-25)21-10-12-22(36-2)13-11-21/h6-13,17H,3-5,14-16H2,1-2H3. The Morgan fingerprint density at radius 1 is 0.865 bits per heavy atom. The molecule has 0 unspecified atom stereocenters. The second kappa shape index (κ2) is 9.24. The second-order valence-electron chi connectivity index (χ2n) is 9.31. The number of piperidine rings is 1. The Balaban J connectivity index is 1.38. The first-order valence-corrected chi connectivity index (χ1v) is 12.4. The molecule has 9 heteroatoms. The van der Waals surface area contributed by atoms with Gasteiger partial charge in [-0.1, -0.05) is 0 Å². The number of ether oxygens (including phenoxy) is 1. The summed E-state index contributed by atoms with van der Waals surface area (Å²) in [6, 6.07) is 15.1. The van der Waals surface area contributed by atoms with Gasteiger partial charge in [-0.3, -0.25) is 9.59 Å². The summed E-state index contributed by atoms with van der Waals surface area (Å²) in [6.45, 7) is 3.08. The van der Waals surface area contributed by atoms with Crippen molar-refractivity contribution >= 4 is 23.2 Å². The smallest absolute Gasteiger partial charge is 0.277 e. The highest BCUT2D eigenvalue weighted by Crippen LogP contribution is 2.34. The lowest BCUT2D eigenvalue weighted by molar-refractivity contribution is -0.119. The van der Waals surface area contributed by atoms with Gasteiger partial charge in [-0.15, -0.1) is 0 Å². The molecular weight excluding hydrogens is 470 g/mol. The first-order valence-electron chi connectivity index (χ1n) is 12.4. The molecule has 2 aliphatic heterocycles. The van der Waals surface area contributed by atoms with Crippen LogP contribution in [0.25, 0.3) is 17.3 Å². The number of rotatable bonds is 5. The molecule has 2 aromatic heterocycles. The van der Waals surface area contributed by atoms with E-state index in [-0.39, 0.29) is 11.8 Å². The molecule has 0 atom stereocenters. The minimum absolute atomic E-state index is 0.149. The summed E-state index contributed by atoms with van der Waals surface area (Å²) >= 11 is 0. The van der Waals surface area contributed by atoms with E-state index in [4.69, 9.17) is 14.3 Å². The Morgan fingerprint density at radius 2 is 1.57 bits per heavy atom. The molecule has 4 aromatic rings. The molecule has 6 rings (SSSR count). The van der Waals surface area contributed by atoms with Crippen LogP contribution in [0.15, 0.2) is 59.2 Å². The summed E-state index contributed by atoms with van der Waals surface area (Å²) < 4.78 is 12.6. The number of aryl methyl sites for hydroxylation is 1. The quantitative estimate of drug-likeness (QED) is 0.401. The van der Waals surface area contributed by atoms with Gasteiger partial charge in [-0.25, -0.2) is 9.67 Å². The minimum atomic E-state index is -0.152. The summed E-state index contributed by atoms with van der Waals surface area (Å²) in [5.41, 5.74) is 5.00. The largest absolute Gasteiger partial charge is 0.497 e. The molecule has 0 N–H and O–H groups in total. The van der Waals surface area contributed by atoms with Gasteiger partial charge in [-0.05, 0) is 74.7 Å². The molecule has 0 bridgehead atoms. The van der Waals surface area contributed by atoms with Crippen LogP contribution in [0, 0.1) is 6.92 Å². The number of carbonyl (C=O) groups excluding carboxylic acids is 2. The molecule has 9 nitrogen and oxygen atoms in total. The average Bonchev–Trinajstić information content (AvgIpc) is 3.53. The first kappa shape index (κ1) is 23.0. The van der Waals surface area contributed by atoms with E-state index < -0.39 is 0 Å². The number of oxazole rings is 1. The molecule has 0 radical (unpaired) electrons. The number of fused-ring (bicyclic) bond motifs is 1. The Hall–Kier alpha value is -4.40. The van der Waals surface area contributed by atoms with Gasteiger partial charge in [0.25, 0.3) is 5.91 Å². The summed E-state index contributed by atoms with van der Waals surface area (Å²) in [6.07, 6.45) is 4.70. The van der Waals surface area contributed by atoms with Crippen molar-refractivity contribution in [2.24, 2.45) is 0 Å². The van der Waals surface area contributed by atoms with Crippen molar-refractivity contribution in [3.63, 3.8) is 0 Å². The van der Waals surface area contributed by atoms with Crippen LogP contribution < -0.4 is 14.5 Å². The maximum Gasteiger partial charge on any atom is 0.277 e. The third-order valence-corrected chi connectivity index (χ3v) is 6.95. The Bertz CT molecular complexity index is 1470. The third-order valence-electron chi connectivity index (χ3n) is 6.95. The normalized spacial score (nSPS) is 15.7. The van der Waals surface area contributed by atoms with Crippen molar-refractivity contribution in [2.45, 2.75) is 32.6 Å². The highest BCUT2D eigenvalue weighted by molar-refractivity contribution is 6.08. The molecule has 37 heavy (non-hydrogen) atoms. The van der Waals surface area contributed by atoms with Crippen LogP contribution in [0.5, 0.6) is 5.75 Å². The Labute approximate surface area is 214 Å². The minimum Gasteiger partial charge on any atom is -0.497 e. The van der Waals surface area contributed by atoms with Crippen molar-refractivity contribution in [1.82, 2.24) is 14.8 Å². The zero-order valence-electron chi connectivity index (χ0n) is 20.8. The van der Waals surface area contributed by atoms with Crippen LogP contribution in [-0.2, 0) is 11.2 Å². The lowest BCUT2D eigenvalue weighted by atomic mass is 10.0. The van der Waals surface area contributed by atoms with E-state index in [9.17, 15) is 9.59 Å². The number of benzene rings is 2. The van der Waals surface area contributed by atoms with Gasteiger partial charge in [-0.2, -0.15) is 5.10 Å². The zero-order chi connectivity index (χ0) is 25.5. The highest BCUT2D eigenvalue weighted by Gasteiger charge is 2.35. The van der Waals surface area contributed by atoms with Gasteiger partial charge in [0.05, 0.1) is 18.5 Å². The van der Waals surface area contributed by atoms with Crippen LogP contribution in [0.4, 0.5) is 11.4 Å². The topological polar surface area (TPSA) is 93.7 Å². The van der Waals surface area contributed by atoms with Crippen molar-refractivity contribution in [1.29, 1.82) is 0 Å². The highest BCUT2D eigenvalue weighted by atomic mass is 16.5. The monoisotopic (exact) mass is 497 g/mol. The number of hydrogen-bond acceptors (Lipinski definition) is 6. The van der Waals surface area contributed by atoms with Crippen LogP contribution in [0.1, 0.15) is 41.0 Å². The Kier molecular flexibility index (Phi) is 5.75. The number of amides is 2. The number of aromatic nitrogens is 3. The average molecular weight is 498 g/mol. The van der Waals surface area contributed by atoms with E-state index in [0.29, 0.717) is 42.4 Å². The van der Waals surface area contributed by atoms with E-state index in [1.54, 1.807) is 23.0 Å². The van der Waals surface area contributed by atoms with E-state index in [1.165, 1.54) is 0 Å². The van der Waals surface area contributed by atoms with E-state index in [2.05, 4.69) is 4.98 Å². The van der Waals surface area contributed by atoms with Crippen LogP contribution >= 0.6 is 0 Å². The second-order valence-corrected chi connectivity index (χ2v) is 9.31. The molecule has 1 saturated heterocycles. The molecule has 4 heterocycles. The zero-order valence-corrected chi connectivity index (χ0v) is 20.8. The predicted molar refractivity (Wildman–Crippen MR) is 138 cm³/mol. The molecule has 2 aliphatic rings. The van der Waals surface area contributed by atoms with E-state index >= 15 is 0 Å². The lowest BCUT2D eigenvalue weighted by Crippen LogP contribution is -2.39. The van der Waals surface area contributed by atoms with Crippen LogP contribution in [0.3, 0.4) is 0 Å². The molecule has 188 valence electrons. The molecule has 0 aliphatic carbocycles. The van der Waals surface area contributed by atoms with Crippen molar-refractivity contribution in [3.05, 3.63) is 71.7 Å². The van der Waals surface area contributed by atoms with Gasteiger partial charge < -0.3 is 19.0 Å². The molecule has 1 fully saturated rings. The maximum absolute atomic E-state index is 13.9. The SMILES string of the molecule is COc1ccc(-n2nc(-c3nc(C)co3)c3c2C(=O)N(c2ccc(N4CCCCC4=O)cc2)CC3)cc1. The van der Waals surface area contributed by atoms with Gasteiger partial charge >= 0.3 is 0 Å². The van der Waals surface area contributed by atoms with Gasteiger partial charge in [0.2, 0.25) is 11.8 Å². The van der Waals surface area contributed by atoms with Gasteiger partial charge in [0.1, 0.15) is 17.7 Å². The number of methoxy groups -OCH3 is 1. The molecular formula is C28H27N5O4. The summed E-state index contributed by atoms with van der Waals surface area (Å²) in [5, 5.41) is 4.79. The van der Waals surface area contributed by atoms with Crippen molar-refractivity contribution in [2.75, 3.05) is 30.0 Å². The molecule has 2 aromatic carbocycles. The number of hydrogen-bond donors (Lipinski definition) is 0. The predicted octanol–water partition coefficient (Wildman–Crippen LogP) is 4.56. The lowest BCUT2D eigenvalue weighted by Gasteiger charge is -2.29. The molecule has 2 amide bonds. The maximum atomic E-state index is 13.9. The number of anilines is 2.